The molecule has 4 rings (SSSR count). The van der Waals surface area contributed by atoms with E-state index in [4.69, 9.17) is 9.47 Å². The van der Waals surface area contributed by atoms with E-state index >= 15 is 0 Å². The minimum Gasteiger partial charge on any atom is -0.476 e. The predicted octanol–water partition coefficient (Wildman–Crippen LogP) is 3.94. The molecule has 1 saturated heterocycles. The molecule has 1 amide bonds. The van der Waals surface area contributed by atoms with Crippen LogP contribution in [-0.4, -0.2) is 39.5 Å². The summed E-state index contributed by atoms with van der Waals surface area (Å²) >= 11 is 0. The quantitative estimate of drug-likeness (QED) is 0.687. The zero-order valence-electron chi connectivity index (χ0n) is 17.3. The van der Waals surface area contributed by atoms with E-state index in [1.807, 2.05) is 19.2 Å². The van der Waals surface area contributed by atoms with Gasteiger partial charge in [0.2, 0.25) is 5.88 Å². The number of rotatable bonds is 5. The van der Waals surface area contributed by atoms with Crippen LogP contribution in [0.4, 0.5) is 10.1 Å². The fraction of sp³-hybridized carbons (Fsp3) is 0.409. The number of aryl methyl sites for hydroxylation is 1. The Balaban J connectivity index is 1.47. The number of amides is 1. The van der Waals surface area contributed by atoms with Crippen molar-refractivity contribution in [3.8, 4) is 5.88 Å². The van der Waals surface area contributed by atoms with E-state index < -0.39 is 11.7 Å². The molecule has 158 valence electrons. The van der Waals surface area contributed by atoms with Crippen molar-refractivity contribution in [2.45, 2.75) is 38.9 Å². The topological polar surface area (TPSA) is 78.3 Å². The van der Waals surface area contributed by atoms with Crippen LogP contribution in [0.25, 0.3) is 10.9 Å². The molecule has 0 saturated carbocycles. The smallest absolute Gasteiger partial charge is 0.274 e. The number of benzene rings is 1. The van der Waals surface area contributed by atoms with Gasteiger partial charge in [-0.05, 0) is 62.9 Å². The first kappa shape index (κ1) is 20.3. The molecular formula is C22H25FN4O3. The molecular weight excluding hydrogens is 387 g/mol. The van der Waals surface area contributed by atoms with E-state index in [0.717, 1.165) is 29.9 Å². The van der Waals surface area contributed by atoms with Gasteiger partial charge in [0.05, 0.1) is 35.9 Å². The Kier molecular flexibility index (Phi) is 5.67. The molecule has 1 N–H and O–H groups in total. The van der Waals surface area contributed by atoms with E-state index in [2.05, 4.69) is 29.2 Å². The number of fused-ring (bicyclic) bond motifs is 1. The third-order valence-electron chi connectivity index (χ3n) is 5.29. The molecule has 3 aromatic rings. The molecule has 7 nitrogen and oxygen atoms in total. The van der Waals surface area contributed by atoms with Gasteiger partial charge in [-0.15, -0.1) is 5.10 Å². The summed E-state index contributed by atoms with van der Waals surface area (Å²) in [5, 5.41) is 8.16. The fourth-order valence-corrected chi connectivity index (χ4v) is 3.99. The molecule has 0 spiro atoms. The van der Waals surface area contributed by atoms with Crippen molar-refractivity contribution in [1.29, 1.82) is 0 Å². The molecule has 8 heteroatoms. The molecule has 0 aliphatic carbocycles. The number of nitrogens with one attached hydrogen (secondary N) is 1. The Bertz CT molecular complexity index is 1040. The second-order valence-electron chi connectivity index (χ2n) is 7.88. The van der Waals surface area contributed by atoms with Crippen LogP contribution >= 0.6 is 0 Å². The van der Waals surface area contributed by atoms with Gasteiger partial charge >= 0.3 is 0 Å². The van der Waals surface area contributed by atoms with Crippen LogP contribution in [0.1, 0.15) is 37.2 Å². The Hall–Kier alpha value is -3.00. The number of carbonyl (C=O) groups excluding carboxylic acids is 1. The maximum atomic E-state index is 13.0. The standard InChI is InChI=1S/C22H25FN4O3/c1-13-8-15(9-14(2)30-13)12-29-22-18-6-5-17(10-20(18)27(3)26-22)25-21(28)19-7-4-16(23)11-24-19/h4-7,10-11,13-15H,8-9,12H2,1-3H3,(H,25,28). The summed E-state index contributed by atoms with van der Waals surface area (Å²) < 4.78 is 26.6. The number of nitrogens with zero attached hydrogens (tertiary/aromatic N) is 3. The van der Waals surface area contributed by atoms with Crippen LogP contribution < -0.4 is 10.1 Å². The normalized spacial score (nSPS) is 21.5. The van der Waals surface area contributed by atoms with Gasteiger partial charge in [-0.2, -0.15) is 0 Å². The zero-order valence-corrected chi connectivity index (χ0v) is 17.3. The summed E-state index contributed by atoms with van der Waals surface area (Å²) in [6.45, 7) is 4.78. The van der Waals surface area contributed by atoms with Crippen molar-refractivity contribution < 1.29 is 18.7 Å². The fourth-order valence-electron chi connectivity index (χ4n) is 3.99. The van der Waals surface area contributed by atoms with Crippen molar-refractivity contribution in [2.24, 2.45) is 13.0 Å². The molecule has 0 bridgehead atoms. The van der Waals surface area contributed by atoms with Gasteiger partial charge in [0.15, 0.2) is 0 Å². The van der Waals surface area contributed by atoms with E-state index in [1.165, 1.54) is 12.1 Å². The van der Waals surface area contributed by atoms with Crippen LogP contribution in [-0.2, 0) is 11.8 Å². The molecule has 2 aromatic heterocycles. The number of pyridine rings is 1. The van der Waals surface area contributed by atoms with Crippen molar-refractivity contribution in [3.05, 3.63) is 48.0 Å². The predicted molar refractivity (Wildman–Crippen MR) is 111 cm³/mol. The van der Waals surface area contributed by atoms with Gasteiger partial charge in [0.1, 0.15) is 11.5 Å². The van der Waals surface area contributed by atoms with Gasteiger partial charge in [-0.25, -0.2) is 9.37 Å². The monoisotopic (exact) mass is 412 g/mol. The van der Waals surface area contributed by atoms with E-state index in [0.29, 0.717) is 24.1 Å². The van der Waals surface area contributed by atoms with Crippen molar-refractivity contribution in [3.63, 3.8) is 0 Å². The maximum absolute atomic E-state index is 13.0. The molecule has 1 aliphatic heterocycles. The summed E-state index contributed by atoms with van der Waals surface area (Å²) in [7, 11) is 1.83. The molecule has 2 unspecified atom stereocenters. The average molecular weight is 412 g/mol. The maximum Gasteiger partial charge on any atom is 0.274 e. The highest BCUT2D eigenvalue weighted by atomic mass is 19.1. The molecule has 1 fully saturated rings. The van der Waals surface area contributed by atoms with Gasteiger partial charge in [-0.3, -0.25) is 9.48 Å². The minimum atomic E-state index is -0.486. The van der Waals surface area contributed by atoms with Crippen LogP contribution in [0.15, 0.2) is 36.5 Å². The number of hydrogen-bond donors (Lipinski definition) is 1. The van der Waals surface area contributed by atoms with Gasteiger partial charge in [0, 0.05) is 12.7 Å². The van der Waals surface area contributed by atoms with E-state index in [1.54, 1.807) is 10.7 Å². The first-order chi connectivity index (χ1) is 14.4. The van der Waals surface area contributed by atoms with Crippen molar-refractivity contribution in [2.75, 3.05) is 11.9 Å². The average Bonchev–Trinajstić information content (AvgIpc) is 3.01. The lowest BCUT2D eigenvalue weighted by Crippen LogP contribution is -2.32. The Morgan fingerprint density at radius 1 is 1.27 bits per heavy atom. The summed E-state index contributed by atoms with van der Waals surface area (Å²) in [6.07, 6.45) is 3.45. The first-order valence-corrected chi connectivity index (χ1v) is 10.1. The molecule has 2 atom stereocenters. The summed E-state index contributed by atoms with van der Waals surface area (Å²) in [4.78, 5) is 16.1. The lowest BCUT2D eigenvalue weighted by atomic mass is 9.93. The number of carbonyl (C=O) groups is 1. The second kappa shape index (κ2) is 8.39. The number of ether oxygens (including phenoxy) is 2. The van der Waals surface area contributed by atoms with Crippen molar-refractivity contribution in [1.82, 2.24) is 14.8 Å². The van der Waals surface area contributed by atoms with E-state index in [-0.39, 0.29) is 17.9 Å². The van der Waals surface area contributed by atoms with Crippen LogP contribution in [0, 0.1) is 11.7 Å². The molecule has 30 heavy (non-hydrogen) atoms. The Morgan fingerprint density at radius 3 is 2.73 bits per heavy atom. The highest BCUT2D eigenvalue weighted by Crippen LogP contribution is 2.30. The van der Waals surface area contributed by atoms with Crippen molar-refractivity contribution >= 4 is 22.5 Å². The highest BCUT2D eigenvalue weighted by molar-refractivity contribution is 6.04. The number of anilines is 1. The minimum absolute atomic E-state index is 0.144. The van der Waals surface area contributed by atoms with Crippen LogP contribution in [0.3, 0.4) is 0 Å². The van der Waals surface area contributed by atoms with Gasteiger partial charge in [-0.1, -0.05) is 0 Å². The summed E-state index contributed by atoms with van der Waals surface area (Å²) in [5.74, 6) is 0.121. The lowest BCUT2D eigenvalue weighted by molar-refractivity contribution is -0.0594. The van der Waals surface area contributed by atoms with Gasteiger partial charge < -0.3 is 14.8 Å². The molecule has 0 radical (unpaired) electrons. The summed E-state index contributed by atoms with van der Waals surface area (Å²) in [6, 6.07) is 8.04. The van der Waals surface area contributed by atoms with Crippen LogP contribution in [0.5, 0.6) is 5.88 Å². The zero-order chi connectivity index (χ0) is 21.3. The van der Waals surface area contributed by atoms with Gasteiger partial charge in [0.25, 0.3) is 5.91 Å². The van der Waals surface area contributed by atoms with E-state index in [9.17, 15) is 9.18 Å². The number of hydrogen-bond acceptors (Lipinski definition) is 5. The SMILES string of the molecule is CC1CC(COc2nn(C)c3cc(NC(=O)c4ccc(F)cn4)ccc23)CC(C)O1. The molecule has 3 heterocycles. The molecule has 1 aromatic carbocycles. The first-order valence-electron chi connectivity index (χ1n) is 10.1. The largest absolute Gasteiger partial charge is 0.476 e. The lowest BCUT2D eigenvalue weighted by Gasteiger charge is -2.31. The third kappa shape index (κ3) is 4.43. The molecule has 1 aliphatic rings. The third-order valence-corrected chi connectivity index (χ3v) is 5.29. The Labute approximate surface area is 174 Å². The number of halogens is 1. The van der Waals surface area contributed by atoms with Crippen LogP contribution in [0.2, 0.25) is 0 Å². The second-order valence-corrected chi connectivity index (χ2v) is 7.88. The summed E-state index contributed by atoms with van der Waals surface area (Å²) in [5.41, 5.74) is 1.58. The highest BCUT2D eigenvalue weighted by Gasteiger charge is 2.25. The Morgan fingerprint density at radius 2 is 2.03 bits per heavy atom. The number of aromatic nitrogens is 3.